The van der Waals surface area contributed by atoms with E-state index in [0.717, 1.165) is 10.3 Å². The fraction of sp³-hybridized carbons (Fsp3) is 0.0714. The van der Waals surface area contributed by atoms with Gasteiger partial charge in [0, 0.05) is 11.8 Å². The highest BCUT2D eigenvalue weighted by atomic mass is 35.5. The molecule has 0 N–H and O–H groups in total. The van der Waals surface area contributed by atoms with Crippen LogP contribution in [0, 0.1) is 5.21 Å². The second kappa shape index (κ2) is 4.82. The molecule has 0 radical (unpaired) electrons. The van der Waals surface area contributed by atoms with E-state index in [-0.39, 0.29) is 11.7 Å². The highest BCUT2D eigenvalue weighted by molar-refractivity contribution is 6.16. The molecular formula is C14H10ClN3O. The van der Waals surface area contributed by atoms with Crippen LogP contribution >= 0.6 is 11.6 Å². The first kappa shape index (κ1) is 11.9. The summed E-state index contributed by atoms with van der Waals surface area (Å²) < 4.78 is 0.762. The van der Waals surface area contributed by atoms with Gasteiger partial charge in [0.2, 0.25) is 5.52 Å². The van der Waals surface area contributed by atoms with Crippen LogP contribution in [0.2, 0.25) is 0 Å². The Labute approximate surface area is 114 Å². The molecular weight excluding hydrogens is 262 g/mol. The van der Waals surface area contributed by atoms with Gasteiger partial charge in [-0.1, -0.05) is 30.3 Å². The van der Waals surface area contributed by atoms with Crippen molar-refractivity contribution in [2.45, 2.75) is 5.88 Å². The smallest absolute Gasteiger partial charge is 0.317 e. The van der Waals surface area contributed by atoms with E-state index in [9.17, 15) is 5.21 Å². The van der Waals surface area contributed by atoms with Crippen LogP contribution in [-0.4, -0.2) is 9.97 Å². The second-order valence-electron chi connectivity index (χ2n) is 4.04. The summed E-state index contributed by atoms with van der Waals surface area (Å²) in [6.45, 7) is 0. The zero-order valence-corrected chi connectivity index (χ0v) is 10.7. The van der Waals surface area contributed by atoms with Gasteiger partial charge in [-0.15, -0.1) is 11.6 Å². The first-order valence-corrected chi connectivity index (χ1v) is 6.33. The minimum atomic E-state index is 0.0637. The summed E-state index contributed by atoms with van der Waals surface area (Å²) in [5.41, 5.74) is 2.54. The normalized spacial score (nSPS) is 10.8. The van der Waals surface area contributed by atoms with E-state index < -0.39 is 0 Å². The standard InChI is InChI=1S/C14H10ClN3O/c15-9-12-17-11-7-4-8-16-13(11)14(18(12)19)10-5-2-1-3-6-10/h1-8H,9H2. The van der Waals surface area contributed by atoms with Crippen LogP contribution in [0.4, 0.5) is 0 Å². The molecule has 5 heteroatoms. The van der Waals surface area contributed by atoms with Crippen molar-refractivity contribution in [3.63, 3.8) is 0 Å². The Balaban J connectivity index is 2.41. The van der Waals surface area contributed by atoms with Gasteiger partial charge >= 0.3 is 5.82 Å². The third-order valence-corrected chi connectivity index (χ3v) is 3.10. The van der Waals surface area contributed by atoms with E-state index in [4.69, 9.17) is 11.6 Å². The summed E-state index contributed by atoms with van der Waals surface area (Å²) in [5, 5.41) is 12.3. The summed E-state index contributed by atoms with van der Waals surface area (Å²) in [6.07, 6.45) is 1.65. The molecule has 0 aliphatic carbocycles. The average molecular weight is 272 g/mol. The van der Waals surface area contributed by atoms with Gasteiger partial charge in [0.25, 0.3) is 0 Å². The van der Waals surface area contributed by atoms with Gasteiger partial charge in [0.15, 0.2) is 11.2 Å². The molecule has 0 saturated heterocycles. The topological polar surface area (TPSA) is 52.7 Å². The van der Waals surface area contributed by atoms with Crippen LogP contribution < -0.4 is 4.73 Å². The lowest BCUT2D eigenvalue weighted by Gasteiger charge is -2.12. The lowest BCUT2D eigenvalue weighted by molar-refractivity contribution is -0.603. The Hall–Kier alpha value is -2.20. The van der Waals surface area contributed by atoms with Gasteiger partial charge in [0.05, 0.1) is 0 Å². The summed E-state index contributed by atoms with van der Waals surface area (Å²) in [4.78, 5) is 8.50. The molecule has 4 nitrogen and oxygen atoms in total. The van der Waals surface area contributed by atoms with Gasteiger partial charge in [-0.2, -0.15) is 0 Å². The predicted octanol–water partition coefficient (Wildman–Crippen LogP) is 2.67. The molecule has 3 aromatic rings. The van der Waals surface area contributed by atoms with Crippen molar-refractivity contribution in [3.8, 4) is 11.3 Å². The van der Waals surface area contributed by atoms with Crippen molar-refractivity contribution in [2.24, 2.45) is 0 Å². The molecule has 19 heavy (non-hydrogen) atoms. The number of hydrogen-bond donors (Lipinski definition) is 0. The number of alkyl halides is 1. The molecule has 1 aromatic carbocycles. The largest absolute Gasteiger partial charge is 0.710 e. The molecule has 3 rings (SSSR count). The van der Waals surface area contributed by atoms with E-state index in [1.807, 2.05) is 36.4 Å². The number of nitrogens with zero attached hydrogens (tertiary/aromatic N) is 3. The van der Waals surface area contributed by atoms with Crippen LogP contribution in [0.25, 0.3) is 22.3 Å². The van der Waals surface area contributed by atoms with Crippen molar-refractivity contribution >= 4 is 22.6 Å². The maximum atomic E-state index is 12.3. The van der Waals surface area contributed by atoms with Crippen LogP contribution in [-0.2, 0) is 5.88 Å². The highest BCUT2D eigenvalue weighted by Crippen LogP contribution is 2.22. The van der Waals surface area contributed by atoms with E-state index in [1.54, 1.807) is 12.3 Å². The van der Waals surface area contributed by atoms with Crippen molar-refractivity contribution in [1.29, 1.82) is 0 Å². The molecule has 0 amide bonds. The fourth-order valence-electron chi connectivity index (χ4n) is 2.01. The Morgan fingerprint density at radius 3 is 2.63 bits per heavy atom. The summed E-state index contributed by atoms with van der Waals surface area (Å²) in [7, 11) is 0. The molecule has 0 saturated carbocycles. The van der Waals surface area contributed by atoms with Gasteiger partial charge < -0.3 is 5.21 Å². The molecule has 94 valence electrons. The van der Waals surface area contributed by atoms with Gasteiger partial charge in [-0.25, -0.2) is 9.71 Å². The third-order valence-electron chi connectivity index (χ3n) is 2.86. The first-order chi connectivity index (χ1) is 9.31. The number of halogens is 1. The fourth-order valence-corrected chi connectivity index (χ4v) is 2.18. The highest BCUT2D eigenvalue weighted by Gasteiger charge is 2.19. The zero-order chi connectivity index (χ0) is 13.2. The Bertz CT molecular complexity index is 731. The minimum Gasteiger partial charge on any atom is -0.710 e. The van der Waals surface area contributed by atoms with Crippen molar-refractivity contribution in [3.05, 3.63) is 59.7 Å². The Morgan fingerprint density at radius 1 is 1.11 bits per heavy atom. The average Bonchev–Trinajstić information content (AvgIpc) is 2.47. The van der Waals surface area contributed by atoms with Gasteiger partial charge in [-0.3, -0.25) is 0 Å². The third kappa shape index (κ3) is 2.00. The number of hydrogen-bond acceptors (Lipinski definition) is 3. The molecule has 0 aliphatic heterocycles. The first-order valence-electron chi connectivity index (χ1n) is 5.80. The predicted molar refractivity (Wildman–Crippen MR) is 73.5 cm³/mol. The maximum absolute atomic E-state index is 12.3. The monoisotopic (exact) mass is 271 g/mol. The summed E-state index contributed by atoms with van der Waals surface area (Å²) in [6, 6.07) is 13.0. The maximum Gasteiger partial charge on any atom is 0.317 e. The van der Waals surface area contributed by atoms with Crippen LogP contribution in [0.15, 0.2) is 48.7 Å². The lowest BCUT2D eigenvalue weighted by Crippen LogP contribution is -2.36. The quantitative estimate of drug-likeness (QED) is 0.409. The van der Waals surface area contributed by atoms with Gasteiger partial charge in [-0.05, 0) is 17.1 Å². The van der Waals surface area contributed by atoms with Crippen molar-refractivity contribution in [2.75, 3.05) is 0 Å². The molecule has 0 unspecified atom stereocenters. The van der Waals surface area contributed by atoms with Crippen LogP contribution in [0.3, 0.4) is 0 Å². The number of fused-ring (bicyclic) bond motifs is 1. The second-order valence-corrected chi connectivity index (χ2v) is 4.31. The number of pyridine rings is 1. The minimum absolute atomic E-state index is 0.0637. The van der Waals surface area contributed by atoms with E-state index in [0.29, 0.717) is 16.7 Å². The van der Waals surface area contributed by atoms with E-state index in [1.165, 1.54) is 0 Å². The number of benzene rings is 1. The molecule has 0 spiro atoms. The molecule has 0 aliphatic rings. The van der Waals surface area contributed by atoms with E-state index in [2.05, 4.69) is 9.97 Å². The summed E-state index contributed by atoms with van der Waals surface area (Å²) >= 11 is 5.79. The van der Waals surface area contributed by atoms with E-state index >= 15 is 0 Å². The lowest BCUT2D eigenvalue weighted by atomic mass is 10.1. The Kier molecular flexibility index (Phi) is 3.01. The van der Waals surface area contributed by atoms with Crippen molar-refractivity contribution < 1.29 is 4.73 Å². The van der Waals surface area contributed by atoms with Gasteiger partial charge in [0.1, 0.15) is 5.88 Å². The molecule has 0 bridgehead atoms. The number of rotatable bonds is 2. The molecule has 0 atom stereocenters. The SMILES string of the molecule is [O-][n+]1c(CCl)nc2cccnc2c1-c1ccccc1. The van der Waals surface area contributed by atoms with Crippen LogP contribution in [0.5, 0.6) is 0 Å². The molecule has 2 heterocycles. The van der Waals surface area contributed by atoms with Crippen LogP contribution in [0.1, 0.15) is 5.82 Å². The summed E-state index contributed by atoms with van der Waals surface area (Å²) in [5.74, 6) is 0.342. The number of aromatic nitrogens is 3. The molecule has 0 fully saturated rings. The Morgan fingerprint density at radius 2 is 1.89 bits per heavy atom. The zero-order valence-electron chi connectivity index (χ0n) is 9.95. The molecule has 2 aromatic heterocycles. The van der Waals surface area contributed by atoms with Crippen molar-refractivity contribution in [1.82, 2.24) is 9.97 Å².